The Bertz CT molecular complexity index is 483. The van der Waals surface area contributed by atoms with Gasteiger partial charge in [-0.3, -0.25) is 9.59 Å². The van der Waals surface area contributed by atoms with Gasteiger partial charge >= 0.3 is 5.97 Å². The maximum absolute atomic E-state index is 11.8. The van der Waals surface area contributed by atoms with Gasteiger partial charge in [-0.05, 0) is 5.92 Å². The SMILES string of the molecule is CC(C)Cn1ncnc1CN1CC(C(=O)O)CC1=O. The molecule has 0 spiro atoms. The highest BCUT2D eigenvalue weighted by atomic mass is 16.4. The number of likely N-dealkylation sites (tertiary alicyclic amines) is 1. The van der Waals surface area contributed by atoms with Gasteiger partial charge in [0.2, 0.25) is 5.91 Å². The van der Waals surface area contributed by atoms with Crippen molar-refractivity contribution in [3.63, 3.8) is 0 Å². The molecule has 1 amide bonds. The van der Waals surface area contributed by atoms with E-state index in [0.717, 1.165) is 6.54 Å². The summed E-state index contributed by atoms with van der Waals surface area (Å²) in [7, 11) is 0. The Hall–Kier alpha value is -1.92. The third kappa shape index (κ3) is 3.10. The molecule has 1 aliphatic heterocycles. The Labute approximate surface area is 111 Å². The van der Waals surface area contributed by atoms with Gasteiger partial charge in [0.05, 0.1) is 12.5 Å². The smallest absolute Gasteiger partial charge is 0.308 e. The van der Waals surface area contributed by atoms with E-state index in [0.29, 0.717) is 18.3 Å². The summed E-state index contributed by atoms with van der Waals surface area (Å²) in [6.07, 6.45) is 1.54. The summed E-state index contributed by atoms with van der Waals surface area (Å²) < 4.78 is 1.77. The number of amides is 1. The number of aliphatic carboxylic acids is 1. The molecule has 7 nitrogen and oxygen atoms in total. The van der Waals surface area contributed by atoms with Crippen LogP contribution in [0.4, 0.5) is 0 Å². The van der Waals surface area contributed by atoms with E-state index >= 15 is 0 Å². The second-order valence-electron chi connectivity index (χ2n) is 5.27. The van der Waals surface area contributed by atoms with E-state index < -0.39 is 11.9 Å². The van der Waals surface area contributed by atoms with Crippen LogP contribution < -0.4 is 0 Å². The highest BCUT2D eigenvalue weighted by Crippen LogP contribution is 2.19. The van der Waals surface area contributed by atoms with Gasteiger partial charge in [0.25, 0.3) is 0 Å². The van der Waals surface area contributed by atoms with E-state index in [1.54, 1.807) is 9.58 Å². The fourth-order valence-corrected chi connectivity index (χ4v) is 2.17. The van der Waals surface area contributed by atoms with Crippen LogP contribution >= 0.6 is 0 Å². The van der Waals surface area contributed by atoms with Gasteiger partial charge in [-0.15, -0.1) is 0 Å². The lowest BCUT2D eigenvalue weighted by atomic mass is 10.1. The standard InChI is InChI=1S/C12H18N4O3/c1-8(2)4-16-10(13-7-14-16)6-15-5-9(12(18)19)3-11(15)17/h7-9H,3-6H2,1-2H3,(H,18,19). The molecule has 1 N–H and O–H groups in total. The Morgan fingerprint density at radius 3 is 2.89 bits per heavy atom. The molecule has 0 radical (unpaired) electrons. The molecule has 2 heterocycles. The molecule has 0 bridgehead atoms. The van der Waals surface area contributed by atoms with Crippen LogP contribution in [0, 0.1) is 11.8 Å². The Kier molecular flexibility index (Phi) is 3.82. The van der Waals surface area contributed by atoms with Crippen molar-refractivity contribution in [1.82, 2.24) is 19.7 Å². The lowest BCUT2D eigenvalue weighted by Gasteiger charge is -2.16. The van der Waals surface area contributed by atoms with Crippen LogP contribution in [0.1, 0.15) is 26.1 Å². The molecular weight excluding hydrogens is 248 g/mol. The lowest BCUT2D eigenvalue weighted by Crippen LogP contribution is -2.28. The van der Waals surface area contributed by atoms with E-state index in [4.69, 9.17) is 5.11 Å². The number of carbonyl (C=O) groups is 2. The quantitative estimate of drug-likeness (QED) is 0.831. The molecule has 1 fully saturated rings. The average Bonchev–Trinajstić information content (AvgIpc) is 2.87. The number of carbonyl (C=O) groups excluding carboxylic acids is 1. The molecule has 0 saturated carbocycles. The topological polar surface area (TPSA) is 88.3 Å². The summed E-state index contributed by atoms with van der Waals surface area (Å²) in [6, 6.07) is 0. The molecule has 7 heteroatoms. The van der Waals surface area contributed by atoms with Gasteiger partial charge < -0.3 is 10.0 Å². The van der Waals surface area contributed by atoms with Gasteiger partial charge in [-0.1, -0.05) is 13.8 Å². The van der Waals surface area contributed by atoms with Crippen LogP contribution in [0.5, 0.6) is 0 Å². The predicted molar refractivity (Wildman–Crippen MR) is 66.0 cm³/mol. The first-order chi connectivity index (χ1) is 8.97. The van der Waals surface area contributed by atoms with Gasteiger partial charge in [0.15, 0.2) is 0 Å². The number of nitrogens with zero attached hydrogens (tertiary/aromatic N) is 4. The van der Waals surface area contributed by atoms with Crippen LogP contribution in [0.15, 0.2) is 6.33 Å². The lowest BCUT2D eigenvalue weighted by molar-refractivity contribution is -0.141. The van der Waals surface area contributed by atoms with E-state index in [-0.39, 0.29) is 18.9 Å². The average molecular weight is 266 g/mol. The summed E-state index contributed by atoms with van der Waals surface area (Å²) in [5.41, 5.74) is 0. The van der Waals surface area contributed by atoms with Crippen molar-refractivity contribution in [3.8, 4) is 0 Å². The fraction of sp³-hybridized carbons (Fsp3) is 0.667. The van der Waals surface area contributed by atoms with Gasteiger partial charge in [0, 0.05) is 19.5 Å². The minimum atomic E-state index is -0.917. The van der Waals surface area contributed by atoms with Gasteiger partial charge in [-0.2, -0.15) is 5.10 Å². The number of carboxylic acids is 1. The first-order valence-electron chi connectivity index (χ1n) is 6.34. The van der Waals surface area contributed by atoms with Crippen molar-refractivity contribution >= 4 is 11.9 Å². The number of hydrogen-bond donors (Lipinski definition) is 1. The second kappa shape index (κ2) is 5.38. The predicted octanol–water partition coefficient (Wildman–Crippen LogP) is 0.367. The maximum atomic E-state index is 11.8. The minimum Gasteiger partial charge on any atom is -0.481 e. The first-order valence-corrected chi connectivity index (χ1v) is 6.34. The second-order valence-corrected chi connectivity index (χ2v) is 5.27. The molecule has 0 aliphatic carbocycles. The largest absolute Gasteiger partial charge is 0.481 e. The van der Waals surface area contributed by atoms with Crippen molar-refractivity contribution in [2.45, 2.75) is 33.4 Å². The van der Waals surface area contributed by atoms with Crippen molar-refractivity contribution < 1.29 is 14.7 Å². The molecule has 1 aromatic heterocycles. The summed E-state index contributed by atoms with van der Waals surface area (Å²) in [5.74, 6) is -0.519. The highest BCUT2D eigenvalue weighted by molar-refractivity contribution is 5.85. The summed E-state index contributed by atoms with van der Waals surface area (Å²) in [5, 5.41) is 13.1. The molecule has 1 aliphatic rings. The van der Waals surface area contributed by atoms with Crippen LogP contribution in [0.25, 0.3) is 0 Å². The molecule has 104 valence electrons. The zero-order valence-corrected chi connectivity index (χ0v) is 11.1. The fourth-order valence-electron chi connectivity index (χ4n) is 2.17. The molecule has 2 rings (SSSR count). The van der Waals surface area contributed by atoms with Gasteiger partial charge in [0.1, 0.15) is 12.2 Å². The molecule has 1 atom stereocenters. The molecule has 0 aromatic carbocycles. The molecule has 1 unspecified atom stereocenters. The maximum Gasteiger partial charge on any atom is 0.308 e. The normalized spacial score (nSPS) is 19.4. The third-order valence-electron chi connectivity index (χ3n) is 3.13. The van der Waals surface area contributed by atoms with E-state index in [1.807, 2.05) is 0 Å². The van der Waals surface area contributed by atoms with Crippen molar-refractivity contribution in [2.24, 2.45) is 11.8 Å². The minimum absolute atomic E-state index is 0.0770. The number of rotatable bonds is 5. The van der Waals surface area contributed by atoms with Crippen LogP contribution in [-0.4, -0.2) is 43.2 Å². The Morgan fingerprint density at radius 1 is 1.58 bits per heavy atom. The number of hydrogen-bond acceptors (Lipinski definition) is 4. The van der Waals surface area contributed by atoms with E-state index in [9.17, 15) is 9.59 Å². The first kappa shape index (κ1) is 13.5. The number of carboxylic acid groups (broad SMARTS) is 1. The monoisotopic (exact) mass is 266 g/mol. The van der Waals surface area contributed by atoms with Gasteiger partial charge in [-0.25, -0.2) is 9.67 Å². The molecule has 19 heavy (non-hydrogen) atoms. The van der Waals surface area contributed by atoms with E-state index in [1.165, 1.54) is 6.33 Å². The zero-order valence-electron chi connectivity index (χ0n) is 11.1. The van der Waals surface area contributed by atoms with Crippen LogP contribution in [0.3, 0.4) is 0 Å². The van der Waals surface area contributed by atoms with Crippen LogP contribution in [-0.2, 0) is 22.7 Å². The summed E-state index contributed by atoms with van der Waals surface area (Å²) in [4.78, 5) is 28.3. The Morgan fingerprint density at radius 2 is 2.32 bits per heavy atom. The summed E-state index contributed by atoms with van der Waals surface area (Å²) >= 11 is 0. The van der Waals surface area contributed by atoms with Crippen molar-refractivity contribution in [2.75, 3.05) is 6.54 Å². The third-order valence-corrected chi connectivity index (χ3v) is 3.13. The highest BCUT2D eigenvalue weighted by Gasteiger charge is 2.34. The zero-order chi connectivity index (χ0) is 14.0. The van der Waals surface area contributed by atoms with Crippen molar-refractivity contribution in [3.05, 3.63) is 12.2 Å². The Balaban J connectivity index is 2.04. The number of aromatic nitrogens is 3. The van der Waals surface area contributed by atoms with E-state index in [2.05, 4.69) is 23.9 Å². The van der Waals surface area contributed by atoms with Crippen molar-refractivity contribution in [1.29, 1.82) is 0 Å². The molecular formula is C12H18N4O3. The summed E-state index contributed by atoms with van der Waals surface area (Å²) in [6.45, 7) is 5.47. The van der Waals surface area contributed by atoms with Crippen LogP contribution in [0.2, 0.25) is 0 Å². The molecule has 1 aromatic rings. The molecule has 1 saturated heterocycles.